The van der Waals surface area contributed by atoms with Crippen LogP contribution in [0.2, 0.25) is 0 Å². The van der Waals surface area contributed by atoms with Gasteiger partial charge in [0.1, 0.15) is 5.82 Å². The van der Waals surface area contributed by atoms with E-state index in [-0.39, 0.29) is 6.42 Å². The van der Waals surface area contributed by atoms with Crippen LogP contribution in [0.15, 0.2) is 57.7 Å². The Balaban J connectivity index is 2.06. The average molecular weight is 355 g/mol. The van der Waals surface area contributed by atoms with Gasteiger partial charge in [0, 0.05) is 29.6 Å². The van der Waals surface area contributed by atoms with Gasteiger partial charge in [-0.1, -0.05) is 30.0 Å². The number of nitrogens with one attached hydrogen (secondary N) is 2. The van der Waals surface area contributed by atoms with Crippen LogP contribution in [0.1, 0.15) is 17.1 Å². The number of aromatic nitrogens is 5. The van der Waals surface area contributed by atoms with Gasteiger partial charge in [0.25, 0.3) is 5.56 Å². The van der Waals surface area contributed by atoms with Crippen LogP contribution in [0.4, 0.5) is 0 Å². The van der Waals surface area contributed by atoms with Gasteiger partial charge >= 0.3 is 5.69 Å². The summed E-state index contributed by atoms with van der Waals surface area (Å²) >= 11 is 1.52. The number of aromatic amines is 2. The standard InChI is InChI=1S/C17H17N5O2S/c1-3-7-25-17-21-20-14(9-12-10-15(23)19-16(24)18-12)22(17)13-6-4-5-11(2)8-13/h3-6,8,10H,1,7,9H2,2H3,(H2,18,19,23,24). The Labute approximate surface area is 147 Å². The molecule has 3 aromatic rings. The van der Waals surface area contributed by atoms with Crippen LogP contribution < -0.4 is 11.2 Å². The van der Waals surface area contributed by atoms with Crippen LogP contribution in [0.3, 0.4) is 0 Å². The van der Waals surface area contributed by atoms with Crippen LogP contribution >= 0.6 is 11.8 Å². The largest absolute Gasteiger partial charge is 0.325 e. The molecule has 0 spiro atoms. The van der Waals surface area contributed by atoms with Crippen LogP contribution in [-0.4, -0.2) is 30.5 Å². The van der Waals surface area contributed by atoms with E-state index in [4.69, 9.17) is 0 Å². The minimum atomic E-state index is -0.537. The van der Waals surface area contributed by atoms with Crippen LogP contribution in [0.5, 0.6) is 0 Å². The number of H-pyrrole nitrogens is 2. The first kappa shape index (κ1) is 17.0. The van der Waals surface area contributed by atoms with E-state index in [2.05, 4.69) is 26.7 Å². The summed E-state index contributed by atoms with van der Waals surface area (Å²) in [4.78, 5) is 27.8. The SMILES string of the molecule is C=CCSc1nnc(Cc2cc(=O)[nH]c(=O)[nH]2)n1-c1cccc(C)c1. The van der Waals surface area contributed by atoms with Gasteiger partial charge in [-0.15, -0.1) is 16.8 Å². The summed E-state index contributed by atoms with van der Waals surface area (Å²) in [7, 11) is 0. The second-order valence-electron chi connectivity index (χ2n) is 5.46. The molecule has 0 saturated heterocycles. The molecule has 2 heterocycles. The van der Waals surface area contributed by atoms with Crippen molar-refractivity contribution in [3.05, 3.63) is 80.9 Å². The van der Waals surface area contributed by atoms with Gasteiger partial charge in [0.15, 0.2) is 5.16 Å². The molecule has 0 bridgehead atoms. The second kappa shape index (κ2) is 7.35. The number of nitrogens with zero attached hydrogens (tertiary/aromatic N) is 3. The lowest BCUT2D eigenvalue weighted by molar-refractivity contribution is 0.829. The lowest BCUT2D eigenvalue weighted by Gasteiger charge is -2.10. The number of aryl methyl sites for hydroxylation is 1. The van der Waals surface area contributed by atoms with Crippen molar-refractivity contribution in [2.24, 2.45) is 0 Å². The van der Waals surface area contributed by atoms with Crippen molar-refractivity contribution in [2.45, 2.75) is 18.5 Å². The van der Waals surface area contributed by atoms with Gasteiger partial charge in [-0.05, 0) is 24.6 Å². The maximum Gasteiger partial charge on any atom is 0.325 e. The molecule has 0 atom stereocenters. The Kier molecular flexibility index (Phi) is 4.99. The van der Waals surface area contributed by atoms with Crippen LogP contribution in [0.25, 0.3) is 5.69 Å². The highest BCUT2D eigenvalue weighted by Crippen LogP contribution is 2.23. The van der Waals surface area contributed by atoms with Crippen molar-refractivity contribution in [3.63, 3.8) is 0 Å². The summed E-state index contributed by atoms with van der Waals surface area (Å²) in [5, 5.41) is 9.23. The van der Waals surface area contributed by atoms with E-state index >= 15 is 0 Å². The molecule has 128 valence electrons. The first-order valence-corrected chi connectivity index (χ1v) is 8.63. The van der Waals surface area contributed by atoms with Crippen molar-refractivity contribution in [1.29, 1.82) is 0 Å². The van der Waals surface area contributed by atoms with E-state index in [0.29, 0.717) is 17.3 Å². The number of hydrogen-bond acceptors (Lipinski definition) is 5. The highest BCUT2D eigenvalue weighted by Gasteiger charge is 2.15. The molecule has 0 aliphatic rings. The Hall–Kier alpha value is -2.87. The number of thioether (sulfide) groups is 1. The third-order valence-corrected chi connectivity index (χ3v) is 4.38. The zero-order valence-electron chi connectivity index (χ0n) is 13.7. The molecule has 0 radical (unpaired) electrons. The lowest BCUT2D eigenvalue weighted by Crippen LogP contribution is -2.23. The fourth-order valence-electron chi connectivity index (χ4n) is 2.45. The molecule has 2 N–H and O–H groups in total. The summed E-state index contributed by atoms with van der Waals surface area (Å²) < 4.78 is 1.93. The molecule has 8 heteroatoms. The van der Waals surface area contributed by atoms with Crippen molar-refractivity contribution in [3.8, 4) is 5.69 Å². The minimum absolute atomic E-state index is 0.286. The highest BCUT2D eigenvalue weighted by molar-refractivity contribution is 7.99. The summed E-state index contributed by atoms with van der Waals surface area (Å²) in [6, 6.07) is 9.33. The molecule has 0 aliphatic heterocycles. The quantitative estimate of drug-likeness (QED) is 0.519. The zero-order valence-corrected chi connectivity index (χ0v) is 14.5. The molecule has 1 aromatic carbocycles. The molecule has 2 aromatic heterocycles. The summed E-state index contributed by atoms with van der Waals surface area (Å²) in [5.74, 6) is 1.34. The van der Waals surface area contributed by atoms with Crippen LogP contribution in [0, 0.1) is 6.92 Å². The van der Waals surface area contributed by atoms with Gasteiger partial charge in [0.05, 0.1) is 0 Å². The number of hydrogen-bond donors (Lipinski definition) is 2. The van der Waals surface area contributed by atoms with Gasteiger partial charge < -0.3 is 4.98 Å². The molecule has 25 heavy (non-hydrogen) atoms. The van der Waals surface area contributed by atoms with Crippen molar-refractivity contribution in [2.75, 3.05) is 5.75 Å². The topological polar surface area (TPSA) is 96.4 Å². The highest BCUT2D eigenvalue weighted by atomic mass is 32.2. The number of benzene rings is 1. The fourth-order valence-corrected chi connectivity index (χ4v) is 3.16. The fraction of sp³-hybridized carbons (Fsp3) is 0.176. The number of rotatable bonds is 6. The van der Waals surface area contributed by atoms with Gasteiger partial charge in [-0.25, -0.2) is 4.79 Å². The Bertz CT molecular complexity index is 990. The normalized spacial score (nSPS) is 10.8. The predicted octanol–water partition coefficient (Wildman–Crippen LogP) is 1.82. The Morgan fingerprint density at radius 3 is 2.80 bits per heavy atom. The van der Waals surface area contributed by atoms with E-state index in [1.165, 1.54) is 17.8 Å². The monoisotopic (exact) mass is 355 g/mol. The summed E-state index contributed by atoms with van der Waals surface area (Å²) in [6.45, 7) is 5.74. The maximum atomic E-state index is 11.5. The molecule has 0 aliphatic carbocycles. The third-order valence-electron chi connectivity index (χ3n) is 3.46. The molecule has 0 saturated carbocycles. The second-order valence-corrected chi connectivity index (χ2v) is 6.45. The molecule has 0 unspecified atom stereocenters. The molecular weight excluding hydrogens is 338 g/mol. The van der Waals surface area contributed by atoms with E-state index in [0.717, 1.165) is 16.4 Å². The van der Waals surface area contributed by atoms with E-state index < -0.39 is 11.2 Å². The first-order valence-electron chi connectivity index (χ1n) is 7.64. The van der Waals surface area contributed by atoms with Crippen LogP contribution in [-0.2, 0) is 6.42 Å². The van der Waals surface area contributed by atoms with Gasteiger partial charge in [0.2, 0.25) is 0 Å². The average Bonchev–Trinajstić information content (AvgIpc) is 2.94. The lowest BCUT2D eigenvalue weighted by atomic mass is 10.2. The van der Waals surface area contributed by atoms with Crippen molar-refractivity contribution < 1.29 is 0 Å². The van der Waals surface area contributed by atoms with Gasteiger partial charge in [-0.2, -0.15) is 0 Å². The van der Waals surface area contributed by atoms with E-state index in [9.17, 15) is 9.59 Å². The zero-order chi connectivity index (χ0) is 17.8. The van der Waals surface area contributed by atoms with Crippen molar-refractivity contribution in [1.82, 2.24) is 24.7 Å². The van der Waals surface area contributed by atoms with Crippen molar-refractivity contribution >= 4 is 11.8 Å². The first-order chi connectivity index (χ1) is 12.1. The van der Waals surface area contributed by atoms with Gasteiger partial charge in [-0.3, -0.25) is 14.3 Å². The Morgan fingerprint density at radius 1 is 1.24 bits per heavy atom. The van der Waals surface area contributed by atoms with E-state index in [1.807, 2.05) is 35.8 Å². The smallest absolute Gasteiger partial charge is 0.311 e. The molecule has 0 fully saturated rings. The molecule has 7 nitrogen and oxygen atoms in total. The minimum Gasteiger partial charge on any atom is -0.311 e. The predicted molar refractivity (Wildman–Crippen MR) is 97.5 cm³/mol. The summed E-state index contributed by atoms with van der Waals surface area (Å²) in [5.41, 5.74) is 1.54. The Morgan fingerprint density at radius 2 is 2.08 bits per heavy atom. The molecule has 3 rings (SSSR count). The molecular formula is C17H17N5O2S. The molecule has 0 amide bonds. The van der Waals surface area contributed by atoms with E-state index in [1.54, 1.807) is 6.08 Å². The summed E-state index contributed by atoms with van der Waals surface area (Å²) in [6.07, 6.45) is 2.09. The maximum absolute atomic E-state index is 11.5. The third kappa shape index (κ3) is 3.97.